The van der Waals surface area contributed by atoms with Crippen molar-refractivity contribution in [2.24, 2.45) is 5.73 Å². The van der Waals surface area contributed by atoms with Crippen LogP contribution in [0.4, 0.5) is 8.78 Å². The first-order valence-corrected chi connectivity index (χ1v) is 4.75. The summed E-state index contributed by atoms with van der Waals surface area (Å²) in [6.45, 7) is 3.20. The monoisotopic (exact) mass is 194 g/mol. The van der Waals surface area contributed by atoms with Crippen molar-refractivity contribution in [3.63, 3.8) is 0 Å². The number of hydrogen-bond acceptors (Lipinski definition) is 2. The van der Waals surface area contributed by atoms with Gasteiger partial charge in [0.2, 0.25) is 0 Å². The molecule has 0 aliphatic heterocycles. The van der Waals surface area contributed by atoms with Crippen LogP contribution in [0, 0.1) is 0 Å². The summed E-state index contributed by atoms with van der Waals surface area (Å²) in [6.07, 6.45) is 1.79. The van der Waals surface area contributed by atoms with Crippen LogP contribution < -0.4 is 5.73 Å². The smallest absolute Gasteiger partial charge is 0.272 e. The van der Waals surface area contributed by atoms with Gasteiger partial charge in [-0.15, -0.1) is 0 Å². The Morgan fingerprint density at radius 1 is 1.31 bits per heavy atom. The Bertz CT molecular complexity index is 136. The molecule has 0 aliphatic rings. The van der Waals surface area contributed by atoms with Gasteiger partial charge in [-0.3, -0.25) is 4.90 Å². The maximum atomic E-state index is 12.9. The molecule has 0 rings (SSSR count). The zero-order valence-electron chi connectivity index (χ0n) is 8.69. The van der Waals surface area contributed by atoms with E-state index in [2.05, 4.69) is 0 Å². The molecular formula is C9H20F2N2. The molecule has 0 atom stereocenters. The Balaban J connectivity index is 4.04. The second-order valence-corrected chi connectivity index (χ2v) is 3.45. The van der Waals surface area contributed by atoms with Gasteiger partial charge in [0, 0.05) is 6.04 Å². The molecule has 2 N–H and O–H groups in total. The second-order valence-electron chi connectivity index (χ2n) is 3.45. The molecule has 0 heterocycles. The first kappa shape index (κ1) is 12.8. The maximum absolute atomic E-state index is 12.9. The summed E-state index contributed by atoms with van der Waals surface area (Å²) in [7, 11) is 1.72. The standard InChI is InChI=1S/C9H20F2N2/c1-4-8(5-2)13(3)7-9(10,11)6-12/h8H,4-7,12H2,1-3H3. The highest BCUT2D eigenvalue weighted by Gasteiger charge is 2.30. The van der Waals surface area contributed by atoms with Crippen molar-refractivity contribution in [1.82, 2.24) is 4.90 Å². The lowest BCUT2D eigenvalue weighted by atomic mass is 10.1. The molecule has 13 heavy (non-hydrogen) atoms. The fraction of sp³-hybridized carbons (Fsp3) is 1.00. The van der Waals surface area contributed by atoms with E-state index < -0.39 is 12.5 Å². The Morgan fingerprint density at radius 2 is 1.77 bits per heavy atom. The van der Waals surface area contributed by atoms with E-state index in [4.69, 9.17) is 5.73 Å². The highest BCUT2D eigenvalue weighted by Crippen LogP contribution is 2.16. The van der Waals surface area contributed by atoms with Crippen LogP contribution in [0.15, 0.2) is 0 Å². The lowest BCUT2D eigenvalue weighted by molar-refractivity contribution is -0.0275. The molecule has 4 heteroatoms. The second kappa shape index (κ2) is 5.50. The Hall–Kier alpha value is -0.220. The van der Waals surface area contributed by atoms with Crippen molar-refractivity contribution in [3.8, 4) is 0 Å². The molecule has 0 saturated carbocycles. The normalized spacial score (nSPS) is 12.9. The minimum absolute atomic E-state index is 0.234. The Morgan fingerprint density at radius 3 is 2.08 bits per heavy atom. The van der Waals surface area contributed by atoms with E-state index >= 15 is 0 Å². The lowest BCUT2D eigenvalue weighted by Crippen LogP contribution is -2.44. The molecule has 0 unspecified atom stereocenters. The molecule has 0 spiro atoms. The summed E-state index contributed by atoms with van der Waals surface area (Å²) >= 11 is 0. The molecule has 0 aromatic carbocycles. The van der Waals surface area contributed by atoms with E-state index in [9.17, 15) is 8.78 Å². The minimum Gasteiger partial charge on any atom is -0.325 e. The van der Waals surface area contributed by atoms with Crippen molar-refractivity contribution >= 4 is 0 Å². The summed E-state index contributed by atoms with van der Waals surface area (Å²) in [4.78, 5) is 1.69. The third-order valence-corrected chi connectivity index (χ3v) is 2.35. The summed E-state index contributed by atoms with van der Waals surface area (Å²) in [5, 5.41) is 0. The van der Waals surface area contributed by atoms with Crippen LogP contribution in [0.2, 0.25) is 0 Å². The van der Waals surface area contributed by atoms with Gasteiger partial charge < -0.3 is 5.73 Å². The van der Waals surface area contributed by atoms with E-state index in [0.29, 0.717) is 0 Å². The van der Waals surface area contributed by atoms with Gasteiger partial charge in [0.05, 0.1) is 13.1 Å². The van der Waals surface area contributed by atoms with Crippen molar-refractivity contribution in [2.75, 3.05) is 20.1 Å². The molecule has 0 aromatic heterocycles. The molecule has 0 radical (unpaired) electrons. The Kier molecular flexibility index (Phi) is 5.40. The van der Waals surface area contributed by atoms with E-state index in [1.165, 1.54) is 0 Å². The first-order valence-electron chi connectivity index (χ1n) is 4.75. The average molecular weight is 194 g/mol. The van der Waals surface area contributed by atoms with Gasteiger partial charge in [-0.05, 0) is 19.9 Å². The van der Waals surface area contributed by atoms with E-state index in [1.807, 2.05) is 13.8 Å². The zero-order chi connectivity index (χ0) is 10.5. The van der Waals surface area contributed by atoms with Crippen LogP contribution in [0.3, 0.4) is 0 Å². The lowest BCUT2D eigenvalue weighted by Gasteiger charge is -2.29. The molecular weight excluding hydrogens is 174 g/mol. The summed E-state index contributed by atoms with van der Waals surface area (Å²) in [5.41, 5.74) is 4.96. The van der Waals surface area contributed by atoms with Gasteiger partial charge in [-0.2, -0.15) is 0 Å². The first-order chi connectivity index (χ1) is 5.96. The largest absolute Gasteiger partial charge is 0.325 e. The minimum atomic E-state index is -2.75. The molecule has 0 aliphatic carbocycles. The predicted molar refractivity (Wildman–Crippen MR) is 51.0 cm³/mol. The molecule has 0 saturated heterocycles. The van der Waals surface area contributed by atoms with Crippen molar-refractivity contribution in [2.45, 2.75) is 38.7 Å². The molecule has 2 nitrogen and oxygen atoms in total. The fourth-order valence-corrected chi connectivity index (χ4v) is 1.47. The number of alkyl halides is 2. The van der Waals surface area contributed by atoms with Gasteiger partial charge in [0.25, 0.3) is 5.92 Å². The van der Waals surface area contributed by atoms with Crippen LogP contribution >= 0.6 is 0 Å². The summed E-state index contributed by atoms with van der Waals surface area (Å²) in [5.74, 6) is -2.75. The van der Waals surface area contributed by atoms with Gasteiger partial charge >= 0.3 is 0 Å². The number of rotatable bonds is 6. The van der Waals surface area contributed by atoms with E-state index in [1.54, 1.807) is 11.9 Å². The fourth-order valence-electron chi connectivity index (χ4n) is 1.47. The third kappa shape index (κ3) is 4.52. The van der Waals surface area contributed by atoms with E-state index in [0.717, 1.165) is 12.8 Å². The average Bonchev–Trinajstić information content (AvgIpc) is 2.06. The molecule has 0 amide bonds. The van der Waals surface area contributed by atoms with Crippen LogP contribution in [0.5, 0.6) is 0 Å². The molecule has 80 valence electrons. The maximum Gasteiger partial charge on any atom is 0.272 e. The van der Waals surface area contributed by atoms with Crippen molar-refractivity contribution in [1.29, 1.82) is 0 Å². The molecule has 0 bridgehead atoms. The van der Waals surface area contributed by atoms with E-state index in [-0.39, 0.29) is 12.6 Å². The van der Waals surface area contributed by atoms with Gasteiger partial charge in [-0.25, -0.2) is 8.78 Å². The quantitative estimate of drug-likeness (QED) is 0.697. The third-order valence-electron chi connectivity index (χ3n) is 2.35. The van der Waals surface area contributed by atoms with Gasteiger partial charge in [-0.1, -0.05) is 13.8 Å². The number of halogens is 2. The van der Waals surface area contributed by atoms with Gasteiger partial charge in [0.1, 0.15) is 0 Å². The molecule has 0 aromatic rings. The van der Waals surface area contributed by atoms with Crippen LogP contribution in [0.25, 0.3) is 0 Å². The van der Waals surface area contributed by atoms with Crippen molar-refractivity contribution in [3.05, 3.63) is 0 Å². The number of nitrogens with two attached hydrogens (primary N) is 1. The van der Waals surface area contributed by atoms with Crippen LogP contribution in [0.1, 0.15) is 26.7 Å². The van der Waals surface area contributed by atoms with Gasteiger partial charge in [0.15, 0.2) is 0 Å². The van der Waals surface area contributed by atoms with Crippen molar-refractivity contribution < 1.29 is 8.78 Å². The summed E-state index contributed by atoms with van der Waals surface area (Å²) < 4.78 is 25.7. The zero-order valence-corrected chi connectivity index (χ0v) is 8.69. The highest BCUT2D eigenvalue weighted by atomic mass is 19.3. The number of nitrogens with zero attached hydrogens (tertiary/aromatic N) is 1. The topological polar surface area (TPSA) is 29.3 Å². The SMILES string of the molecule is CCC(CC)N(C)CC(F)(F)CN. The molecule has 0 fully saturated rings. The van der Waals surface area contributed by atoms with Crippen LogP contribution in [-0.4, -0.2) is 37.0 Å². The van der Waals surface area contributed by atoms with Crippen LogP contribution in [-0.2, 0) is 0 Å². The Labute approximate surface area is 79.1 Å². The number of hydrogen-bond donors (Lipinski definition) is 1. The predicted octanol–water partition coefficient (Wildman–Crippen LogP) is 1.70. The highest BCUT2D eigenvalue weighted by molar-refractivity contribution is 4.75. The summed E-state index contributed by atoms with van der Waals surface area (Å²) in [6, 6.07) is 0.234.